The van der Waals surface area contributed by atoms with Crippen molar-refractivity contribution in [2.75, 3.05) is 24.5 Å². The van der Waals surface area contributed by atoms with Crippen molar-refractivity contribution >= 4 is 23.0 Å². The number of hydrogen-bond acceptors (Lipinski definition) is 4. The highest BCUT2D eigenvalue weighted by Crippen LogP contribution is 2.42. The van der Waals surface area contributed by atoms with Gasteiger partial charge in [-0.15, -0.1) is 0 Å². The Bertz CT molecular complexity index is 994. The zero-order valence-corrected chi connectivity index (χ0v) is 16.2. The van der Waals surface area contributed by atoms with Gasteiger partial charge in [0.05, 0.1) is 5.41 Å². The van der Waals surface area contributed by atoms with Gasteiger partial charge in [0.15, 0.2) is 5.58 Å². The van der Waals surface area contributed by atoms with Gasteiger partial charge >= 0.3 is 0 Å². The van der Waals surface area contributed by atoms with E-state index in [9.17, 15) is 4.79 Å². The molecule has 2 fully saturated rings. The fourth-order valence-corrected chi connectivity index (χ4v) is 4.74. The molecule has 0 aliphatic carbocycles. The van der Waals surface area contributed by atoms with E-state index < -0.39 is 0 Å². The number of aryl methyl sites for hydroxylation is 1. The predicted molar refractivity (Wildman–Crippen MR) is 109 cm³/mol. The van der Waals surface area contributed by atoms with Crippen LogP contribution in [0.15, 0.2) is 52.9 Å². The summed E-state index contributed by atoms with van der Waals surface area (Å²) in [6.45, 7) is 5.15. The van der Waals surface area contributed by atoms with Gasteiger partial charge in [0.25, 0.3) is 6.01 Å². The lowest BCUT2D eigenvalue weighted by molar-refractivity contribution is -0.145. The number of para-hydroxylation sites is 2. The summed E-state index contributed by atoms with van der Waals surface area (Å²) in [4.78, 5) is 22.3. The summed E-state index contributed by atoms with van der Waals surface area (Å²) in [7, 11) is 0. The van der Waals surface area contributed by atoms with Gasteiger partial charge in [0.1, 0.15) is 5.52 Å². The minimum atomic E-state index is -0.303. The molecule has 3 aromatic rings. The molecule has 3 heterocycles. The van der Waals surface area contributed by atoms with E-state index in [1.807, 2.05) is 29.2 Å². The number of piperidine rings is 1. The van der Waals surface area contributed by atoms with E-state index in [-0.39, 0.29) is 5.41 Å². The summed E-state index contributed by atoms with van der Waals surface area (Å²) >= 11 is 0. The monoisotopic (exact) mass is 375 g/mol. The molecule has 1 atom stereocenters. The van der Waals surface area contributed by atoms with Crippen LogP contribution < -0.4 is 4.90 Å². The third-order valence-corrected chi connectivity index (χ3v) is 6.19. The number of hydrogen-bond donors (Lipinski definition) is 0. The van der Waals surface area contributed by atoms with E-state index in [1.54, 1.807) is 0 Å². The van der Waals surface area contributed by atoms with E-state index in [0.29, 0.717) is 25.0 Å². The number of carbonyl (C=O) groups excluding carboxylic acids is 1. The second-order valence-corrected chi connectivity index (χ2v) is 8.24. The Kier molecular flexibility index (Phi) is 4.11. The highest BCUT2D eigenvalue weighted by atomic mass is 16.4. The Hall–Kier alpha value is -2.82. The molecule has 28 heavy (non-hydrogen) atoms. The first kappa shape index (κ1) is 17.3. The van der Waals surface area contributed by atoms with Crippen molar-refractivity contribution in [1.29, 1.82) is 0 Å². The van der Waals surface area contributed by atoms with Gasteiger partial charge in [-0.25, -0.2) is 0 Å². The molecular weight excluding hydrogens is 350 g/mol. The second kappa shape index (κ2) is 6.66. The minimum absolute atomic E-state index is 0.291. The van der Waals surface area contributed by atoms with Gasteiger partial charge in [0, 0.05) is 26.2 Å². The topological polar surface area (TPSA) is 49.6 Å². The van der Waals surface area contributed by atoms with Gasteiger partial charge in [-0.05, 0) is 43.9 Å². The summed E-state index contributed by atoms with van der Waals surface area (Å²) in [5.41, 5.74) is 3.81. The van der Waals surface area contributed by atoms with Gasteiger partial charge in [0.2, 0.25) is 5.91 Å². The van der Waals surface area contributed by atoms with Crippen molar-refractivity contribution in [2.45, 2.75) is 32.7 Å². The Balaban J connectivity index is 1.35. The van der Waals surface area contributed by atoms with Crippen LogP contribution in [0.3, 0.4) is 0 Å². The number of benzene rings is 2. The van der Waals surface area contributed by atoms with E-state index in [4.69, 9.17) is 4.42 Å². The lowest BCUT2D eigenvalue weighted by Gasteiger charge is -2.39. The second-order valence-electron chi connectivity index (χ2n) is 8.24. The molecule has 2 aliphatic heterocycles. The van der Waals surface area contributed by atoms with Crippen LogP contribution in [0.5, 0.6) is 0 Å². The SMILES string of the molecule is Cc1cccc(CN2CCC[C@]3(CCN(c4nc5ccccc5o4)C3)C2=O)c1. The van der Waals surface area contributed by atoms with Crippen LogP contribution in [-0.4, -0.2) is 35.4 Å². The highest BCUT2D eigenvalue weighted by molar-refractivity contribution is 5.85. The van der Waals surface area contributed by atoms with Gasteiger partial charge < -0.3 is 14.2 Å². The normalized spacial score (nSPS) is 22.5. The summed E-state index contributed by atoms with van der Waals surface area (Å²) < 4.78 is 5.95. The summed E-state index contributed by atoms with van der Waals surface area (Å²) in [6, 6.07) is 16.9. The molecule has 0 saturated carbocycles. The van der Waals surface area contributed by atoms with Crippen LogP contribution in [0.4, 0.5) is 6.01 Å². The van der Waals surface area contributed by atoms with Crippen LogP contribution >= 0.6 is 0 Å². The number of nitrogens with zero attached hydrogens (tertiary/aromatic N) is 3. The molecule has 5 heteroatoms. The van der Waals surface area contributed by atoms with E-state index in [1.165, 1.54) is 11.1 Å². The molecule has 0 bridgehead atoms. The standard InChI is InChI=1S/C23H25N3O2/c1-17-6-4-7-18(14-17)15-25-12-5-10-23(21(25)27)11-13-26(16-23)22-24-19-8-2-3-9-20(19)28-22/h2-4,6-9,14H,5,10-13,15-16H2,1H3/t23-/m1/s1. The van der Waals surface area contributed by atoms with Crippen molar-refractivity contribution in [2.24, 2.45) is 5.41 Å². The number of rotatable bonds is 3. The third kappa shape index (κ3) is 2.95. The first-order valence-corrected chi connectivity index (χ1v) is 10.1. The maximum absolute atomic E-state index is 13.4. The molecule has 1 spiro atoms. The fourth-order valence-electron chi connectivity index (χ4n) is 4.74. The molecule has 0 unspecified atom stereocenters. The van der Waals surface area contributed by atoms with E-state index >= 15 is 0 Å². The number of anilines is 1. The van der Waals surface area contributed by atoms with Gasteiger partial charge in [-0.1, -0.05) is 42.0 Å². The molecule has 2 aromatic carbocycles. The number of amides is 1. The lowest BCUT2D eigenvalue weighted by atomic mass is 9.78. The predicted octanol–water partition coefficient (Wildman–Crippen LogP) is 4.16. The van der Waals surface area contributed by atoms with E-state index in [0.717, 1.165) is 43.5 Å². The number of carbonyl (C=O) groups is 1. The Morgan fingerprint density at radius 2 is 2.00 bits per heavy atom. The van der Waals surface area contributed by atoms with Gasteiger partial charge in [-0.3, -0.25) is 4.79 Å². The first-order chi connectivity index (χ1) is 13.6. The van der Waals surface area contributed by atoms with Crippen molar-refractivity contribution in [1.82, 2.24) is 9.88 Å². The number of oxazole rings is 1. The largest absolute Gasteiger partial charge is 0.423 e. The Morgan fingerprint density at radius 3 is 2.86 bits per heavy atom. The molecule has 0 radical (unpaired) electrons. The van der Waals surface area contributed by atoms with Crippen molar-refractivity contribution in [3.05, 3.63) is 59.7 Å². The summed E-state index contributed by atoms with van der Waals surface area (Å²) in [5.74, 6) is 0.291. The maximum Gasteiger partial charge on any atom is 0.298 e. The molecule has 5 nitrogen and oxygen atoms in total. The molecule has 2 saturated heterocycles. The summed E-state index contributed by atoms with van der Waals surface area (Å²) in [6.07, 6.45) is 2.88. The van der Waals surface area contributed by atoms with Crippen LogP contribution in [0.2, 0.25) is 0 Å². The zero-order valence-electron chi connectivity index (χ0n) is 16.2. The van der Waals surface area contributed by atoms with Crippen LogP contribution in [0, 0.1) is 12.3 Å². The number of likely N-dealkylation sites (tertiary alicyclic amines) is 1. The van der Waals surface area contributed by atoms with Crippen LogP contribution in [0.25, 0.3) is 11.1 Å². The van der Waals surface area contributed by atoms with Crippen molar-refractivity contribution in [3.63, 3.8) is 0 Å². The number of fused-ring (bicyclic) bond motifs is 1. The average molecular weight is 375 g/mol. The molecular formula is C23H25N3O2. The van der Waals surface area contributed by atoms with Crippen molar-refractivity contribution < 1.29 is 9.21 Å². The number of aromatic nitrogens is 1. The Morgan fingerprint density at radius 1 is 1.11 bits per heavy atom. The van der Waals surface area contributed by atoms with Crippen LogP contribution in [0.1, 0.15) is 30.4 Å². The first-order valence-electron chi connectivity index (χ1n) is 10.1. The fraction of sp³-hybridized carbons (Fsp3) is 0.391. The lowest BCUT2D eigenvalue weighted by Crippen LogP contribution is -2.49. The maximum atomic E-state index is 13.4. The smallest absolute Gasteiger partial charge is 0.298 e. The van der Waals surface area contributed by atoms with E-state index in [2.05, 4.69) is 41.1 Å². The quantitative estimate of drug-likeness (QED) is 0.690. The molecule has 0 N–H and O–H groups in total. The average Bonchev–Trinajstić information content (AvgIpc) is 3.31. The molecule has 2 aliphatic rings. The minimum Gasteiger partial charge on any atom is -0.423 e. The highest BCUT2D eigenvalue weighted by Gasteiger charge is 2.49. The van der Waals surface area contributed by atoms with Gasteiger partial charge in [-0.2, -0.15) is 4.98 Å². The third-order valence-electron chi connectivity index (χ3n) is 6.19. The summed E-state index contributed by atoms with van der Waals surface area (Å²) in [5, 5.41) is 0. The van der Waals surface area contributed by atoms with Crippen molar-refractivity contribution in [3.8, 4) is 0 Å². The zero-order chi connectivity index (χ0) is 19.1. The molecule has 1 aromatic heterocycles. The van der Waals surface area contributed by atoms with Crippen LogP contribution in [-0.2, 0) is 11.3 Å². The molecule has 1 amide bonds. The molecule has 5 rings (SSSR count). The Labute approximate surface area is 165 Å². The molecule has 144 valence electrons.